The van der Waals surface area contributed by atoms with Crippen LogP contribution in [0.1, 0.15) is 24.2 Å². The second kappa shape index (κ2) is 12.4. The van der Waals surface area contributed by atoms with Crippen LogP contribution in [0, 0.1) is 11.6 Å². The normalized spacial score (nSPS) is 12.0. The molecule has 160 valence electrons. The Balaban J connectivity index is 0.00000420. The standard InChI is InChI=1S/C20H25F2N3O3.HI/c1-4-23-20(24-11-13-9-14(21)5-7-17(13)22)25-12-18(26)16-10-15(27-2)6-8-19(16)28-3;/h5-10,18,26H,4,11-12H2,1-3H3,(H2,23,24,25);1H. The second-order valence-electron chi connectivity index (χ2n) is 5.94. The van der Waals surface area contributed by atoms with Gasteiger partial charge in [0.25, 0.3) is 0 Å². The van der Waals surface area contributed by atoms with Crippen molar-refractivity contribution in [3.8, 4) is 11.5 Å². The lowest BCUT2D eigenvalue weighted by atomic mass is 10.1. The molecule has 9 heteroatoms. The van der Waals surface area contributed by atoms with E-state index < -0.39 is 17.7 Å². The Morgan fingerprint density at radius 3 is 2.52 bits per heavy atom. The number of ether oxygens (including phenoxy) is 2. The van der Waals surface area contributed by atoms with Gasteiger partial charge in [-0.15, -0.1) is 24.0 Å². The van der Waals surface area contributed by atoms with Gasteiger partial charge in [0.2, 0.25) is 0 Å². The van der Waals surface area contributed by atoms with Gasteiger partial charge in [-0.05, 0) is 43.3 Å². The van der Waals surface area contributed by atoms with E-state index in [0.29, 0.717) is 29.6 Å². The first-order valence-electron chi connectivity index (χ1n) is 8.84. The van der Waals surface area contributed by atoms with Crippen molar-refractivity contribution in [2.45, 2.75) is 19.6 Å². The molecule has 0 bridgehead atoms. The first-order valence-corrected chi connectivity index (χ1v) is 8.84. The molecular formula is C20H26F2IN3O3. The van der Waals surface area contributed by atoms with Gasteiger partial charge in [0.1, 0.15) is 23.1 Å². The zero-order valence-electron chi connectivity index (χ0n) is 16.5. The Kier molecular flexibility index (Phi) is 10.7. The SMILES string of the molecule is CCNC(=NCc1cc(F)ccc1F)NCC(O)c1cc(OC)ccc1OC.I. The number of nitrogens with zero attached hydrogens (tertiary/aromatic N) is 1. The second-order valence-corrected chi connectivity index (χ2v) is 5.94. The number of aliphatic hydroxyl groups excluding tert-OH is 1. The molecule has 3 N–H and O–H groups in total. The number of hydrogen-bond acceptors (Lipinski definition) is 4. The number of aliphatic imine (C=N–C) groups is 1. The summed E-state index contributed by atoms with van der Waals surface area (Å²) >= 11 is 0. The monoisotopic (exact) mass is 521 g/mol. The van der Waals surface area contributed by atoms with E-state index in [9.17, 15) is 13.9 Å². The van der Waals surface area contributed by atoms with E-state index >= 15 is 0 Å². The lowest BCUT2D eigenvalue weighted by Gasteiger charge is -2.18. The van der Waals surface area contributed by atoms with E-state index in [1.165, 1.54) is 14.2 Å². The lowest BCUT2D eigenvalue weighted by molar-refractivity contribution is 0.176. The average Bonchev–Trinajstić information content (AvgIpc) is 2.71. The van der Waals surface area contributed by atoms with Gasteiger partial charge in [0.15, 0.2) is 5.96 Å². The quantitative estimate of drug-likeness (QED) is 0.282. The van der Waals surface area contributed by atoms with E-state index in [4.69, 9.17) is 9.47 Å². The van der Waals surface area contributed by atoms with Crippen LogP contribution < -0.4 is 20.1 Å². The summed E-state index contributed by atoms with van der Waals surface area (Å²) in [6.45, 7) is 2.52. The number of guanidine groups is 1. The van der Waals surface area contributed by atoms with Crippen LogP contribution in [-0.2, 0) is 6.54 Å². The van der Waals surface area contributed by atoms with Crippen LogP contribution in [0.3, 0.4) is 0 Å². The summed E-state index contributed by atoms with van der Waals surface area (Å²) in [7, 11) is 3.06. The average molecular weight is 521 g/mol. The number of aliphatic hydroxyl groups is 1. The maximum atomic E-state index is 13.8. The van der Waals surface area contributed by atoms with Crippen LogP contribution in [0.2, 0.25) is 0 Å². The Labute approximate surface area is 186 Å². The third kappa shape index (κ3) is 7.32. The summed E-state index contributed by atoms with van der Waals surface area (Å²) in [6, 6.07) is 8.38. The first-order chi connectivity index (χ1) is 13.5. The van der Waals surface area contributed by atoms with Crippen molar-refractivity contribution in [3.05, 3.63) is 59.2 Å². The Bertz CT molecular complexity index is 822. The van der Waals surface area contributed by atoms with Crippen LogP contribution in [0.5, 0.6) is 11.5 Å². The van der Waals surface area contributed by atoms with E-state index in [1.54, 1.807) is 18.2 Å². The molecular weight excluding hydrogens is 495 g/mol. The highest BCUT2D eigenvalue weighted by molar-refractivity contribution is 14.0. The predicted molar refractivity (Wildman–Crippen MR) is 119 cm³/mol. The number of rotatable bonds is 8. The molecule has 2 aromatic carbocycles. The van der Waals surface area contributed by atoms with E-state index in [-0.39, 0.29) is 42.6 Å². The maximum absolute atomic E-state index is 13.8. The molecule has 0 amide bonds. The van der Waals surface area contributed by atoms with Crippen LogP contribution in [0.4, 0.5) is 8.78 Å². The molecule has 6 nitrogen and oxygen atoms in total. The summed E-state index contributed by atoms with van der Waals surface area (Å²) in [6.07, 6.45) is -0.903. The van der Waals surface area contributed by atoms with Crippen molar-refractivity contribution in [2.75, 3.05) is 27.3 Å². The van der Waals surface area contributed by atoms with Gasteiger partial charge in [0, 0.05) is 24.2 Å². The van der Waals surface area contributed by atoms with Crippen LogP contribution in [0.25, 0.3) is 0 Å². The maximum Gasteiger partial charge on any atom is 0.191 e. The van der Waals surface area contributed by atoms with Gasteiger partial charge < -0.3 is 25.2 Å². The largest absolute Gasteiger partial charge is 0.497 e. The molecule has 1 atom stereocenters. The Hall–Kier alpha value is -2.14. The van der Waals surface area contributed by atoms with Crippen molar-refractivity contribution >= 4 is 29.9 Å². The zero-order chi connectivity index (χ0) is 20.5. The highest BCUT2D eigenvalue weighted by Crippen LogP contribution is 2.29. The Morgan fingerprint density at radius 1 is 1.10 bits per heavy atom. The molecule has 0 aromatic heterocycles. The molecule has 0 aliphatic heterocycles. The third-order valence-electron chi connectivity index (χ3n) is 4.02. The summed E-state index contributed by atoms with van der Waals surface area (Å²) in [5, 5.41) is 16.5. The fraction of sp³-hybridized carbons (Fsp3) is 0.350. The molecule has 2 aromatic rings. The number of halogens is 3. The topological polar surface area (TPSA) is 75.1 Å². The Morgan fingerprint density at radius 2 is 1.86 bits per heavy atom. The number of nitrogens with one attached hydrogen (secondary N) is 2. The molecule has 0 aliphatic carbocycles. The van der Waals surface area contributed by atoms with Gasteiger partial charge in [0.05, 0.1) is 26.9 Å². The van der Waals surface area contributed by atoms with E-state index in [0.717, 1.165) is 18.2 Å². The van der Waals surface area contributed by atoms with Crippen molar-refractivity contribution < 1.29 is 23.4 Å². The molecule has 0 heterocycles. The van der Waals surface area contributed by atoms with E-state index in [1.807, 2.05) is 6.92 Å². The molecule has 0 spiro atoms. The van der Waals surface area contributed by atoms with Gasteiger partial charge in [-0.25, -0.2) is 13.8 Å². The van der Waals surface area contributed by atoms with Gasteiger partial charge >= 0.3 is 0 Å². The molecule has 2 rings (SSSR count). The fourth-order valence-electron chi connectivity index (χ4n) is 2.57. The molecule has 0 saturated heterocycles. The van der Waals surface area contributed by atoms with Crippen LogP contribution in [0.15, 0.2) is 41.4 Å². The van der Waals surface area contributed by atoms with Gasteiger partial charge in [-0.1, -0.05) is 0 Å². The number of methoxy groups -OCH3 is 2. The lowest BCUT2D eigenvalue weighted by Crippen LogP contribution is -2.39. The van der Waals surface area contributed by atoms with Crippen LogP contribution >= 0.6 is 24.0 Å². The summed E-state index contributed by atoms with van der Waals surface area (Å²) < 4.78 is 37.5. The van der Waals surface area contributed by atoms with Crippen molar-refractivity contribution in [1.29, 1.82) is 0 Å². The molecule has 29 heavy (non-hydrogen) atoms. The zero-order valence-corrected chi connectivity index (χ0v) is 18.9. The number of benzene rings is 2. The predicted octanol–water partition coefficient (Wildman–Crippen LogP) is 3.39. The minimum absolute atomic E-state index is 0. The first kappa shape index (κ1) is 24.9. The molecule has 0 saturated carbocycles. The highest BCUT2D eigenvalue weighted by atomic mass is 127. The van der Waals surface area contributed by atoms with Crippen LogP contribution in [-0.4, -0.2) is 38.4 Å². The molecule has 0 fully saturated rings. The third-order valence-corrected chi connectivity index (χ3v) is 4.02. The van der Waals surface area contributed by atoms with Gasteiger partial charge in [-0.3, -0.25) is 0 Å². The minimum Gasteiger partial charge on any atom is -0.497 e. The molecule has 0 radical (unpaired) electrons. The summed E-state index contributed by atoms with van der Waals surface area (Å²) in [4.78, 5) is 4.25. The summed E-state index contributed by atoms with van der Waals surface area (Å²) in [5.41, 5.74) is 0.702. The van der Waals surface area contributed by atoms with Crippen molar-refractivity contribution in [2.24, 2.45) is 4.99 Å². The van der Waals surface area contributed by atoms with Crippen molar-refractivity contribution in [1.82, 2.24) is 10.6 Å². The minimum atomic E-state index is -0.903. The van der Waals surface area contributed by atoms with Crippen molar-refractivity contribution in [3.63, 3.8) is 0 Å². The fourth-order valence-corrected chi connectivity index (χ4v) is 2.57. The number of hydrogen-bond donors (Lipinski definition) is 3. The highest BCUT2D eigenvalue weighted by Gasteiger charge is 2.15. The van der Waals surface area contributed by atoms with E-state index in [2.05, 4.69) is 15.6 Å². The smallest absolute Gasteiger partial charge is 0.191 e. The summed E-state index contributed by atoms with van der Waals surface area (Å²) in [5.74, 6) is 0.440. The van der Waals surface area contributed by atoms with Gasteiger partial charge in [-0.2, -0.15) is 0 Å². The molecule has 0 aliphatic rings. The molecule has 1 unspecified atom stereocenters.